The molecule has 31 heavy (non-hydrogen) atoms. The molecule has 1 aromatic heterocycles. The van der Waals surface area contributed by atoms with E-state index < -0.39 is 0 Å². The van der Waals surface area contributed by atoms with Crippen LogP contribution in [0.4, 0.5) is 5.95 Å². The van der Waals surface area contributed by atoms with Crippen molar-refractivity contribution in [1.82, 2.24) is 19.7 Å². The Balaban J connectivity index is 1.55. The number of aromatic nitrogens is 3. The summed E-state index contributed by atoms with van der Waals surface area (Å²) in [5.41, 5.74) is 1.24. The van der Waals surface area contributed by atoms with E-state index in [-0.39, 0.29) is 5.91 Å². The van der Waals surface area contributed by atoms with Crippen molar-refractivity contribution in [2.75, 3.05) is 31.1 Å². The highest BCUT2D eigenvalue weighted by molar-refractivity contribution is 5.77. The zero-order valence-corrected chi connectivity index (χ0v) is 18.9. The summed E-state index contributed by atoms with van der Waals surface area (Å²) in [5.74, 6) is 3.70. The molecular formula is C24H35N5O2. The van der Waals surface area contributed by atoms with E-state index in [1.165, 1.54) is 24.8 Å². The van der Waals surface area contributed by atoms with Gasteiger partial charge in [-0.3, -0.25) is 9.36 Å². The zero-order valence-electron chi connectivity index (χ0n) is 18.9. The summed E-state index contributed by atoms with van der Waals surface area (Å²) >= 11 is 0. The Labute approximate surface area is 185 Å². The Morgan fingerprint density at radius 3 is 2.84 bits per heavy atom. The van der Waals surface area contributed by atoms with Crippen molar-refractivity contribution in [3.63, 3.8) is 0 Å². The van der Waals surface area contributed by atoms with Crippen molar-refractivity contribution in [3.8, 4) is 5.75 Å². The Hall–Kier alpha value is -2.57. The minimum atomic E-state index is 0.226. The molecule has 0 aliphatic carbocycles. The van der Waals surface area contributed by atoms with Crippen molar-refractivity contribution < 1.29 is 9.53 Å². The number of carbonyl (C=O) groups is 1. The highest BCUT2D eigenvalue weighted by Gasteiger charge is 2.27. The highest BCUT2D eigenvalue weighted by atomic mass is 16.5. The Morgan fingerprint density at radius 2 is 2.06 bits per heavy atom. The van der Waals surface area contributed by atoms with Gasteiger partial charge in [-0.05, 0) is 56.2 Å². The van der Waals surface area contributed by atoms with Crippen LogP contribution in [-0.2, 0) is 24.3 Å². The number of likely N-dealkylation sites (tertiary alicyclic amines) is 1. The van der Waals surface area contributed by atoms with Gasteiger partial charge in [0.15, 0.2) is 5.82 Å². The molecule has 0 bridgehead atoms. The van der Waals surface area contributed by atoms with Gasteiger partial charge in [-0.2, -0.15) is 0 Å². The van der Waals surface area contributed by atoms with Crippen molar-refractivity contribution in [2.45, 2.75) is 65.5 Å². The van der Waals surface area contributed by atoms with E-state index in [2.05, 4.69) is 38.7 Å². The molecule has 1 unspecified atom stereocenters. The second kappa shape index (κ2) is 10.2. The first-order valence-corrected chi connectivity index (χ1v) is 11.8. The van der Waals surface area contributed by atoms with Crippen molar-refractivity contribution in [2.24, 2.45) is 5.92 Å². The normalized spacial score (nSPS) is 19.3. The standard InChI is InChI=1S/C24H35N5O2/c1-3-19-9-6-14-28(17-19)24-26-25-22(18-27-13-7-11-23(27)30)29(24)15-12-20-8-5-10-21(16-20)31-4-2/h5,8,10,16,19H,3-4,6-7,9,11-15,17-18H2,1-2H3. The van der Waals surface area contributed by atoms with Gasteiger partial charge in [0.05, 0.1) is 13.2 Å². The number of benzene rings is 1. The maximum atomic E-state index is 12.2. The lowest BCUT2D eigenvalue weighted by Gasteiger charge is -2.33. The second-order valence-corrected chi connectivity index (χ2v) is 8.68. The van der Waals surface area contributed by atoms with Crippen molar-refractivity contribution in [1.29, 1.82) is 0 Å². The third kappa shape index (κ3) is 5.20. The van der Waals surface area contributed by atoms with Gasteiger partial charge in [0.1, 0.15) is 5.75 Å². The first kappa shape index (κ1) is 21.7. The van der Waals surface area contributed by atoms with E-state index >= 15 is 0 Å². The van der Waals surface area contributed by atoms with Crippen LogP contribution in [0.1, 0.15) is 57.3 Å². The summed E-state index contributed by atoms with van der Waals surface area (Å²) in [5, 5.41) is 9.16. The molecule has 2 aliphatic heterocycles. The number of ether oxygens (including phenoxy) is 1. The molecule has 3 heterocycles. The van der Waals surface area contributed by atoms with Crippen molar-refractivity contribution >= 4 is 11.9 Å². The number of anilines is 1. The van der Waals surface area contributed by atoms with Crippen LogP contribution in [0, 0.1) is 5.92 Å². The maximum Gasteiger partial charge on any atom is 0.227 e. The smallest absolute Gasteiger partial charge is 0.227 e. The van der Waals surface area contributed by atoms with Gasteiger partial charge < -0.3 is 14.5 Å². The summed E-state index contributed by atoms with van der Waals surface area (Å²) in [7, 11) is 0. The highest BCUT2D eigenvalue weighted by Crippen LogP contribution is 2.26. The first-order chi connectivity index (χ1) is 15.2. The molecule has 1 atom stereocenters. The average Bonchev–Trinajstić information content (AvgIpc) is 3.39. The second-order valence-electron chi connectivity index (χ2n) is 8.68. The summed E-state index contributed by atoms with van der Waals surface area (Å²) in [6.45, 7) is 9.17. The molecule has 2 aliphatic rings. The van der Waals surface area contributed by atoms with Gasteiger partial charge in [-0.25, -0.2) is 0 Å². The van der Waals surface area contributed by atoms with Gasteiger partial charge >= 0.3 is 0 Å². The third-order valence-corrected chi connectivity index (χ3v) is 6.52. The molecule has 168 valence electrons. The Morgan fingerprint density at radius 1 is 1.16 bits per heavy atom. The van der Waals surface area contributed by atoms with Crippen LogP contribution in [0.25, 0.3) is 0 Å². The molecule has 0 saturated carbocycles. The molecule has 7 nitrogen and oxygen atoms in total. The molecule has 1 amide bonds. The fourth-order valence-electron chi connectivity index (χ4n) is 4.73. The van der Waals surface area contributed by atoms with Crippen LogP contribution in [0.5, 0.6) is 5.75 Å². The minimum absolute atomic E-state index is 0.226. The first-order valence-electron chi connectivity index (χ1n) is 11.8. The predicted molar refractivity (Wildman–Crippen MR) is 121 cm³/mol. The van der Waals surface area contributed by atoms with Gasteiger partial charge in [0.25, 0.3) is 0 Å². The molecular weight excluding hydrogens is 390 g/mol. The fraction of sp³-hybridized carbons (Fsp3) is 0.625. The zero-order chi connectivity index (χ0) is 21.6. The van der Waals surface area contributed by atoms with E-state index in [0.717, 1.165) is 56.5 Å². The van der Waals surface area contributed by atoms with E-state index in [1.807, 2.05) is 24.0 Å². The quantitative estimate of drug-likeness (QED) is 0.613. The predicted octanol–water partition coefficient (Wildman–Crippen LogP) is 3.67. The lowest BCUT2D eigenvalue weighted by Crippen LogP contribution is -2.37. The topological polar surface area (TPSA) is 63.5 Å². The Bertz CT molecular complexity index is 881. The van der Waals surface area contributed by atoms with Gasteiger partial charge in [0, 0.05) is 32.6 Å². The largest absolute Gasteiger partial charge is 0.494 e. The number of rotatable bonds is 9. The lowest BCUT2D eigenvalue weighted by molar-refractivity contribution is -0.128. The Kier molecular flexibility index (Phi) is 7.10. The molecule has 0 spiro atoms. The lowest BCUT2D eigenvalue weighted by atomic mass is 9.96. The van der Waals surface area contributed by atoms with E-state index in [1.54, 1.807) is 0 Å². The molecule has 0 N–H and O–H groups in total. The van der Waals surface area contributed by atoms with Crippen LogP contribution in [0.3, 0.4) is 0 Å². The summed E-state index contributed by atoms with van der Waals surface area (Å²) in [6, 6.07) is 8.31. The van der Waals surface area contributed by atoms with Crippen molar-refractivity contribution in [3.05, 3.63) is 35.7 Å². The van der Waals surface area contributed by atoms with Crippen LogP contribution in [0.15, 0.2) is 24.3 Å². The summed E-state index contributed by atoms with van der Waals surface area (Å²) < 4.78 is 7.91. The summed E-state index contributed by atoms with van der Waals surface area (Å²) in [4.78, 5) is 16.5. The van der Waals surface area contributed by atoms with E-state index in [9.17, 15) is 4.79 Å². The van der Waals surface area contributed by atoms with Crippen LogP contribution in [0.2, 0.25) is 0 Å². The number of hydrogen-bond donors (Lipinski definition) is 0. The summed E-state index contributed by atoms with van der Waals surface area (Å²) in [6.07, 6.45) is 6.15. The average molecular weight is 426 g/mol. The number of aryl methyl sites for hydroxylation is 1. The SMILES string of the molecule is CCOc1cccc(CCn2c(CN3CCCC3=O)nnc2N2CCCC(CC)C2)c1. The monoisotopic (exact) mass is 425 g/mol. The van der Waals surface area contributed by atoms with Gasteiger partial charge in [-0.15, -0.1) is 10.2 Å². The number of hydrogen-bond acceptors (Lipinski definition) is 5. The van der Waals surface area contributed by atoms with Crippen LogP contribution in [-0.4, -0.2) is 51.8 Å². The number of carbonyl (C=O) groups excluding carboxylic acids is 1. The minimum Gasteiger partial charge on any atom is -0.494 e. The number of amides is 1. The maximum absolute atomic E-state index is 12.2. The van der Waals surface area contributed by atoms with E-state index in [0.29, 0.717) is 25.5 Å². The van der Waals surface area contributed by atoms with Crippen LogP contribution < -0.4 is 9.64 Å². The molecule has 7 heteroatoms. The van der Waals surface area contributed by atoms with E-state index in [4.69, 9.17) is 4.74 Å². The van der Waals surface area contributed by atoms with Gasteiger partial charge in [-0.1, -0.05) is 25.5 Å². The third-order valence-electron chi connectivity index (χ3n) is 6.52. The molecule has 2 saturated heterocycles. The van der Waals surface area contributed by atoms with Gasteiger partial charge in [0.2, 0.25) is 11.9 Å². The molecule has 2 fully saturated rings. The van der Waals surface area contributed by atoms with Crippen LogP contribution >= 0.6 is 0 Å². The molecule has 1 aromatic carbocycles. The molecule has 2 aromatic rings. The number of nitrogens with zero attached hydrogens (tertiary/aromatic N) is 5. The molecule has 0 radical (unpaired) electrons. The molecule has 4 rings (SSSR count). The number of piperidine rings is 1. The fourth-order valence-corrected chi connectivity index (χ4v) is 4.73.